The summed E-state index contributed by atoms with van der Waals surface area (Å²) >= 11 is 0. The van der Waals surface area contributed by atoms with Crippen molar-refractivity contribution in [2.24, 2.45) is 0 Å². The van der Waals surface area contributed by atoms with Crippen molar-refractivity contribution < 1.29 is 22.7 Å². The van der Waals surface area contributed by atoms with Crippen LogP contribution in [0.15, 0.2) is 48.5 Å². The third kappa shape index (κ3) is 5.82. The molecule has 0 fully saturated rings. The summed E-state index contributed by atoms with van der Waals surface area (Å²) in [6.07, 6.45) is 1.64. The first-order valence-electron chi connectivity index (χ1n) is 8.74. The van der Waals surface area contributed by atoms with Gasteiger partial charge in [0.05, 0.1) is 24.6 Å². The molecule has 2 aromatic carbocycles. The number of nitrogens with zero attached hydrogens (tertiary/aromatic N) is 1. The molecule has 1 amide bonds. The fourth-order valence-corrected chi connectivity index (χ4v) is 3.78. The molecule has 2 aromatic rings. The zero-order chi connectivity index (χ0) is 20.7. The monoisotopic (exact) mass is 404 g/mol. The third-order valence-corrected chi connectivity index (χ3v) is 5.30. The maximum Gasteiger partial charge on any atom is 0.337 e. The van der Waals surface area contributed by atoms with Gasteiger partial charge in [0, 0.05) is 18.7 Å². The summed E-state index contributed by atoms with van der Waals surface area (Å²) in [6, 6.07) is 13.6. The van der Waals surface area contributed by atoms with Gasteiger partial charge >= 0.3 is 5.97 Å². The zero-order valence-corrected chi connectivity index (χ0v) is 17.0. The van der Waals surface area contributed by atoms with E-state index in [9.17, 15) is 18.0 Å². The van der Waals surface area contributed by atoms with Crippen molar-refractivity contribution in [1.29, 1.82) is 0 Å². The van der Waals surface area contributed by atoms with Crippen LogP contribution in [0.1, 0.15) is 28.8 Å². The number of carbonyl (C=O) groups excluding carboxylic acids is 2. The highest BCUT2D eigenvalue weighted by Crippen LogP contribution is 2.22. The van der Waals surface area contributed by atoms with E-state index >= 15 is 0 Å². The maximum atomic E-state index is 12.2. The predicted octanol–water partition coefficient (Wildman–Crippen LogP) is 2.97. The first kappa shape index (κ1) is 21.4. The van der Waals surface area contributed by atoms with E-state index in [2.05, 4.69) is 10.1 Å². The number of amides is 1. The summed E-state index contributed by atoms with van der Waals surface area (Å²) in [5.74, 6) is -0.752. The highest BCUT2D eigenvalue weighted by molar-refractivity contribution is 7.92. The Morgan fingerprint density at radius 1 is 1.11 bits per heavy atom. The maximum absolute atomic E-state index is 12.2. The number of sulfonamides is 1. The van der Waals surface area contributed by atoms with Gasteiger partial charge in [-0.25, -0.2) is 13.2 Å². The highest BCUT2D eigenvalue weighted by Gasteiger charge is 2.19. The summed E-state index contributed by atoms with van der Waals surface area (Å²) < 4.78 is 30.3. The zero-order valence-electron chi connectivity index (χ0n) is 16.1. The van der Waals surface area contributed by atoms with E-state index in [0.717, 1.165) is 11.8 Å². The van der Waals surface area contributed by atoms with E-state index < -0.39 is 16.0 Å². The van der Waals surface area contributed by atoms with Crippen LogP contribution in [0.2, 0.25) is 0 Å². The minimum absolute atomic E-state index is 0.139. The summed E-state index contributed by atoms with van der Waals surface area (Å²) in [5.41, 5.74) is 2.27. The SMILES string of the molecule is COC(=O)c1cccc(NC(=O)CCCN(c2ccccc2C)S(C)(=O)=O)c1. The molecule has 0 aliphatic carbocycles. The van der Waals surface area contributed by atoms with Gasteiger partial charge < -0.3 is 10.1 Å². The minimum Gasteiger partial charge on any atom is -0.465 e. The van der Waals surface area contributed by atoms with Crippen molar-refractivity contribution in [1.82, 2.24) is 0 Å². The van der Waals surface area contributed by atoms with Gasteiger partial charge in [-0.1, -0.05) is 24.3 Å². The summed E-state index contributed by atoms with van der Waals surface area (Å²) in [7, 11) is -2.18. The fraction of sp³-hybridized carbons (Fsp3) is 0.300. The van der Waals surface area contributed by atoms with Crippen LogP contribution < -0.4 is 9.62 Å². The summed E-state index contributed by atoms with van der Waals surface area (Å²) in [4.78, 5) is 23.8. The van der Waals surface area contributed by atoms with Crippen LogP contribution in [0.4, 0.5) is 11.4 Å². The Bertz CT molecular complexity index is 957. The van der Waals surface area contributed by atoms with Gasteiger partial charge in [0.25, 0.3) is 0 Å². The Kier molecular flexibility index (Phi) is 7.17. The van der Waals surface area contributed by atoms with E-state index in [1.807, 2.05) is 19.1 Å². The Morgan fingerprint density at radius 3 is 2.46 bits per heavy atom. The molecule has 0 radical (unpaired) electrons. The highest BCUT2D eigenvalue weighted by atomic mass is 32.2. The summed E-state index contributed by atoms with van der Waals surface area (Å²) in [6.45, 7) is 2.04. The van der Waals surface area contributed by atoms with Gasteiger partial charge in [-0.15, -0.1) is 0 Å². The average molecular weight is 404 g/mol. The number of esters is 1. The van der Waals surface area contributed by atoms with Crippen molar-refractivity contribution in [3.63, 3.8) is 0 Å². The standard InChI is InChI=1S/C20H24N2O5S/c1-15-8-4-5-11-18(15)22(28(3,25)26)13-7-12-19(23)21-17-10-6-9-16(14-17)20(24)27-2/h4-6,8-11,14H,7,12-13H2,1-3H3,(H,21,23). The third-order valence-electron chi connectivity index (χ3n) is 4.12. The topological polar surface area (TPSA) is 92.8 Å². The Labute approximate surface area is 165 Å². The van der Waals surface area contributed by atoms with E-state index in [1.54, 1.807) is 30.3 Å². The molecule has 0 saturated heterocycles. The molecule has 1 N–H and O–H groups in total. The molecule has 7 nitrogen and oxygen atoms in total. The number of hydrogen-bond acceptors (Lipinski definition) is 5. The van der Waals surface area contributed by atoms with Crippen molar-refractivity contribution in [3.8, 4) is 0 Å². The van der Waals surface area contributed by atoms with Gasteiger partial charge in [0.15, 0.2) is 0 Å². The van der Waals surface area contributed by atoms with Crippen LogP contribution in [0.3, 0.4) is 0 Å². The number of nitrogens with one attached hydrogen (secondary N) is 1. The molecule has 0 aliphatic heterocycles. The smallest absolute Gasteiger partial charge is 0.337 e. The molecule has 0 aromatic heterocycles. The minimum atomic E-state index is -3.47. The number of anilines is 2. The first-order valence-corrected chi connectivity index (χ1v) is 10.6. The van der Waals surface area contributed by atoms with E-state index in [1.165, 1.54) is 17.5 Å². The quantitative estimate of drug-likeness (QED) is 0.683. The predicted molar refractivity (Wildman–Crippen MR) is 109 cm³/mol. The molecule has 0 aliphatic rings. The van der Waals surface area contributed by atoms with Gasteiger partial charge in [0.2, 0.25) is 15.9 Å². The van der Waals surface area contributed by atoms with Crippen LogP contribution in [-0.4, -0.2) is 40.2 Å². The molecule has 0 heterocycles. The van der Waals surface area contributed by atoms with Crippen molar-refractivity contribution >= 4 is 33.3 Å². The Hall–Kier alpha value is -2.87. The number of ether oxygens (including phenoxy) is 1. The summed E-state index contributed by atoms with van der Waals surface area (Å²) in [5, 5.41) is 2.71. The second-order valence-electron chi connectivity index (χ2n) is 6.35. The average Bonchev–Trinajstić information content (AvgIpc) is 2.64. The molecule has 2 rings (SSSR count). The molecular formula is C20H24N2O5S. The molecule has 0 unspecified atom stereocenters. The van der Waals surface area contributed by atoms with E-state index in [4.69, 9.17) is 0 Å². The molecule has 8 heteroatoms. The lowest BCUT2D eigenvalue weighted by molar-refractivity contribution is -0.116. The Balaban J connectivity index is 1.98. The lowest BCUT2D eigenvalue weighted by Crippen LogP contribution is -2.32. The molecule has 28 heavy (non-hydrogen) atoms. The number of hydrogen-bond donors (Lipinski definition) is 1. The molecule has 0 bridgehead atoms. The molecule has 0 atom stereocenters. The van der Waals surface area contributed by atoms with Crippen LogP contribution in [0, 0.1) is 6.92 Å². The van der Waals surface area contributed by atoms with E-state index in [-0.39, 0.29) is 18.9 Å². The second kappa shape index (κ2) is 9.36. The van der Waals surface area contributed by atoms with Gasteiger partial charge in [0.1, 0.15) is 0 Å². The van der Waals surface area contributed by atoms with Crippen molar-refractivity contribution in [2.75, 3.05) is 29.5 Å². The number of carbonyl (C=O) groups is 2. The van der Waals surface area contributed by atoms with Gasteiger partial charge in [-0.2, -0.15) is 0 Å². The number of methoxy groups -OCH3 is 1. The second-order valence-corrected chi connectivity index (χ2v) is 8.25. The largest absolute Gasteiger partial charge is 0.465 e. The van der Waals surface area contributed by atoms with Crippen LogP contribution in [0.25, 0.3) is 0 Å². The molecular weight excluding hydrogens is 380 g/mol. The number of rotatable bonds is 8. The van der Waals surface area contributed by atoms with Crippen LogP contribution in [0.5, 0.6) is 0 Å². The lowest BCUT2D eigenvalue weighted by atomic mass is 10.2. The fourth-order valence-electron chi connectivity index (χ4n) is 2.76. The van der Waals surface area contributed by atoms with Gasteiger partial charge in [-0.05, 0) is 43.2 Å². The van der Waals surface area contributed by atoms with Crippen molar-refractivity contribution in [3.05, 3.63) is 59.7 Å². The van der Waals surface area contributed by atoms with Gasteiger partial charge in [-0.3, -0.25) is 9.10 Å². The number of para-hydroxylation sites is 1. The lowest BCUT2D eigenvalue weighted by Gasteiger charge is -2.24. The Morgan fingerprint density at radius 2 is 1.82 bits per heavy atom. The molecule has 0 spiro atoms. The van der Waals surface area contributed by atoms with Crippen molar-refractivity contribution in [2.45, 2.75) is 19.8 Å². The number of benzene rings is 2. The first-order chi connectivity index (χ1) is 13.2. The number of aryl methyl sites for hydroxylation is 1. The van der Waals surface area contributed by atoms with E-state index in [0.29, 0.717) is 23.4 Å². The molecule has 0 saturated carbocycles. The normalized spacial score (nSPS) is 11.0. The molecule has 150 valence electrons. The van der Waals surface area contributed by atoms with Crippen LogP contribution >= 0.6 is 0 Å². The van der Waals surface area contributed by atoms with Crippen LogP contribution in [-0.2, 0) is 19.6 Å².